The molecule has 0 aliphatic carbocycles. The van der Waals surface area contributed by atoms with Crippen molar-refractivity contribution in [3.63, 3.8) is 0 Å². The number of urea groups is 1. The van der Waals surface area contributed by atoms with E-state index in [0.717, 1.165) is 22.4 Å². The SMILES string of the molecule is CCN1C(=O)NC(c2ccccc2)C(c2nc(-c3ccc(Cl)cc3)no2)=C1C. The summed E-state index contributed by atoms with van der Waals surface area (Å²) >= 11 is 5.96. The van der Waals surface area contributed by atoms with Crippen molar-refractivity contribution in [2.45, 2.75) is 19.9 Å². The number of amides is 2. The third kappa shape index (κ3) is 3.27. The molecule has 0 radical (unpaired) electrons. The van der Waals surface area contributed by atoms with Crippen LogP contribution in [0.15, 0.2) is 64.8 Å². The number of allylic oxidation sites excluding steroid dienone is 1. The highest BCUT2D eigenvalue weighted by Gasteiger charge is 2.35. The van der Waals surface area contributed by atoms with Gasteiger partial charge in [0.25, 0.3) is 5.89 Å². The molecule has 2 heterocycles. The molecule has 0 saturated carbocycles. The molecule has 1 N–H and O–H groups in total. The standard InChI is InChI=1S/C21H19ClN4O2/c1-3-26-13(2)17(18(23-21(26)27)14-7-5-4-6-8-14)20-24-19(25-28-20)15-9-11-16(22)12-10-15/h4-12,18H,3H2,1-2H3,(H,23,27). The molecule has 7 heteroatoms. The number of rotatable bonds is 4. The molecular formula is C21H19ClN4O2. The molecule has 1 atom stereocenters. The molecule has 0 bridgehead atoms. The Labute approximate surface area is 167 Å². The molecule has 2 amide bonds. The van der Waals surface area contributed by atoms with Crippen LogP contribution in [0.5, 0.6) is 0 Å². The molecule has 142 valence electrons. The number of hydrogen-bond acceptors (Lipinski definition) is 4. The summed E-state index contributed by atoms with van der Waals surface area (Å²) in [4.78, 5) is 18.8. The summed E-state index contributed by atoms with van der Waals surface area (Å²) in [5.41, 5.74) is 3.35. The molecule has 0 spiro atoms. The lowest BCUT2D eigenvalue weighted by Gasteiger charge is -2.34. The maximum absolute atomic E-state index is 12.6. The van der Waals surface area contributed by atoms with Gasteiger partial charge in [-0.25, -0.2) is 4.79 Å². The van der Waals surface area contributed by atoms with Crippen LogP contribution in [0.3, 0.4) is 0 Å². The topological polar surface area (TPSA) is 71.3 Å². The van der Waals surface area contributed by atoms with Crippen molar-refractivity contribution in [1.82, 2.24) is 20.4 Å². The van der Waals surface area contributed by atoms with Crippen molar-refractivity contribution in [1.29, 1.82) is 0 Å². The van der Waals surface area contributed by atoms with Gasteiger partial charge in [0, 0.05) is 22.8 Å². The highest BCUT2D eigenvalue weighted by molar-refractivity contribution is 6.30. The first kappa shape index (κ1) is 18.3. The third-order valence-electron chi connectivity index (χ3n) is 4.80. The summed E-state index contributed by atoms with van der Waals surface area (Å²) in [6.45, 7) is 4.37. The van der Waals surface area contributed by atoms with Gasteiger partial charge in [0.05, 0.1) is 11.6 Å². The van der Waals surface area contributed by atoms with Crippen LogP contribution in [0.1, 0.15) is 31.3 Å². The number of hydrogen-bond donors (Lipinski definition) is 1. The normalized spacial score (nSPS) is 17.0. The summed E-state index contributed by atoms with van der Waals surface area (Å²) < 4.78 is 5.61. The van der Waals surface area contributed by atoms with Crippen molar-refractivity contribution in [3.8, 4) is 11.4 Å². The molecule has 3 aromatic rings. The molecule has 2 aromatic carbocycles. The number of carbonyl (C=O) groups is 1. The van der Waals surface area contributed by atoms with Gasteiger partial charge in [-0.2, -0.15) is 4.98 Å². The molecule has 1 aromatic heterocycles. The van der Waals surface area contributed by atoms with Gasteiger partial charge in [0.2, 0.25) is 5.82 Å². The average molecular weight is 395 g/mol. The fourth-order valence-corrected chi connectivity index (χ4v) is 3.51. The van der Waals surface area contributed by atoms with Crippen molar-refractivity contribution in [3.05, 3.63) is 76.8 Å². The van der Waals surface area contributed by atoms with Crippen LogP contribution in [0, 0.1) is 0 Å². The van der Waals surface area contributed by atoms with Gasteiger partial charge in [0.15, 0.2) is 0 Å². The Bertz CT molecular complexity index is 1030. The number of benzene rings is 2. The number of aromatic nitrogens is 2. The fraction of sp³-hybridized carbons (Fsp3) is 0.190. The second-order valence-electron chi connectivity index (χ2n) is 6.47. The van der Waals surface area contributed by atoms with Crippen molar-refractivity contribution in [2.24, 2.45) is 0 Å². The quantitative estimate of drug-likeness (QED) is 0.682. The largest absolute Gasteiger partial charge is 0.334 e. The monoisotopic (exact) mass is 394 g/mol. The van der Waals surface area contributed by atoms with Gasteiger partial charge in [-0.05, 0) is 43.7 Å². The summed E-state index contributed by atoms with van der Waals surface area (Å²) in [6.07, 6.45) is 0. The number of nitrogens with one attached hydrogen (secondary N) is 1. The second-order valence-corrected chi connectivity index (χ2v) is 6.90. The summed E-state index contributed by atoms with van der Waals surface area (Å²) in [5.74, 6) is 0.855. The van der Waals surface area contributed by atoms with Gasteiger partial charge in [-0.15, -0.1) is 0 Å². The minimum Gasteiger partial charge on any atom is -0.334 e. The van der Waals surface area contributed by atoms with Gasteiger partial charge < -0.3 is 9.84 Å². The van der Waals surface area contributed by atoms with E-state index < -0.39 is 0 Å². The Morgan fingerprint density at radius 3 is 2.54 bits per heavy atom. The zero-order valence-electron chi connectivity index (χ0n) is 15.5. The number of nitrogens with zero attached hydrogens (tertiary/aromatic N) is 3. The highest BCUT2D eigenvalue weighted by atomic mass is 35.5. The van der Waals surface area contributed by atoms with E-state index in [1.807, 2.05) is 56.3 Å². The third-order valence-corrected chi connectivity index (χ3v) is 5.06. The van der Waals surface area contributed by atoms with E-state index in [0.29, 0.717) is 23.3 Å². The van der Waals surface area contributed by atoms with Crippen LogP contribution in [0.25, 0.3) is 17.0 Å². The van der Waals surface area contributed by atoms with Crippen LogP contribution in [-0.4, -0.2) is 27.6 Å². The van der Waals surface area contributed by atoms with Crippen LogP contribution in [-0.2, 0) is 0 Å². The first-order chi connectivity index (χ1) is 13.6. The van der Waals surface area contributed by atoms with E-state index in [2.05, 4.69) is 15.5 Å². The minimum atomic E-state index is -0.366. The Hall–Kier alpha value is -3.12. The predicted octanol–water partition coefficient (Wildman–Crippen LogP) is 4.91. The summed E-state index contributed by atoms with van der Waals surface area (Å²) in [7, 11) is 0. The molecule has 1 aliphatic rings. The lowest BCUT2D eigenvalue weighted by molar-refractivity contribution is 0.207. The fourth-order valence-electron chi connectivity index (χ4n) is 3.38. The highest BCUT2D eigenvalue weighted by Crippen LogP contribution is 2.37. The Kier molecular flexibility index (Phi) is 4.88. The molecule has 0 fully saturated rings. The molecule has 1 aliphatic heterocycles. The van der Waals surface area contributed by atoms with Gasteiger partial charge in [-0.1, -0.05) is 47.1 Å². The first-order valence-electron chi connectivity index (χ1n) is 9.02. The molecule has 0 saturated heterocycles. The van der Waals surface area contributed by atoms with E-state index in [4.69, 9.17) is 16.1 Å². The van der Waals surface area contributed by atoms with Crippen LogP contribution in [0.4, 0.5) is 4.79 Å². The summed E-state index contributed by atoms with van der Waals surface area (Å²) in [6, 6.07) is 16.5. The van der Waals surface area contributed by atoms with Gasteiger partial charge in [-0.3, -0.25) is 4.90 Å². The van der Waals surface area contributed by atoms with E-state index in [1.165, 1.54) is 0 Å². The summed E-state index contributed by atoms with van der Waals surface area (Å²) in [5, 5.41) is 7.82. The lowest BCUT2D eigenvalue weighted by atomic mass is 9.95. The molecule has 28 heavy (non-hydrogen) atoms. The van der Waals surface area contributed by atoms with Gasteiger partial charge in [0.1, 0.15) is 0 Å². The Morgan fingerprint density at radius 2 is 1.86 bits per heavy atom. The van der Waals surface area contributed by atoms with Crippen LogP contribution < -0.4 is 5.32 Å². The zero-order valence-corrected chi connectivity index (χ0v) is 16.3. The molecular weight excluding hydrogens is 376 g/mol. The van der Waals surface area contributed by atoms with Crippen molar-refractivity contribution < 1.29 is 9.32 Å². The zero-order chi connectivity index (χ0) is 19.7. The van der Waals surface area contributed by atoms with Crippen molar-refractivity contribution in [2.75, 3.05) is 6.54 Å². The van der Waals surface area contributed by atoms with Crippen LogP contribution in [0.2, 0.25) is 5.02 Å². The van der Waals surface area contributed by atoms with Crippen molar-refractivity contribution >= 4 is 23.2 Å². The maximum atomic E-state index is 12.6. The second kappa shape index (κ2) is 7.48. The first-order valence-corrected chi connectivity index (χ1v) is 9.40. The molecule has 6 nitrogen and oxygen atoms in total. The van der Waals surface area contributed by atoms with E-state index in [1.54, 1.807) is 17.0 Å². The van der Waals surface area contributed by atoms with E-state index in [-0.39, 0.29) is 12.1 Å². The minimum absolute atomic E-state index is 0.143. The Morgan fingerprint density at radius 1 is 1.14 bits per heavy atom. The smallest absolute Gasteiger partial charge is 0.322 e. The Balaban J connectivity index is 1.80. The van der Waals surface area contributed by atoms with Gasteiger partial charge >= 0.3 is 6.03 Å². The molecule has 4 rings (SSSR count). The number of carbonyl (C=O) groups excluding carboxylic acids is 1. The van der Waals surface area contributed by atoms with E-state index >= 15 is 0 Å². The van der Waals surface area contributed by atoms with E-state index in [9.17, 15) is 4.79 Å². The average Bonchev–Trinajstić information content (AvgIpc) is 3.18. The van der Waals surface area contributed by atoms with Crippen LogP contribution >= 0.6 is 11.6 Å². The maximum Gasteiger partial charge on any atom is 0.322 e. The lowest BCUT2D eigenvalue weighted by Crippen LogP contribution is -2.45. The predicted molar refractivity (Wildman–Crippen MR) is 107 cm³/mol. The number of halogens is 1. The molecule has 1 unspecified atom stereocenters.